The van der Waals surface area contributed by atoms with Crippen molar-refractivity contribution in [3.63, 3.8) is 0 Å². The Hall–Kier alpha value is -0.320. The van der Waals surface area contributed by atoms with Crippen LogP contribution in [0.15, 0.2) is 0 Å². The summed E-state index contributed by atoms with van der Waals surface area (Å²) >= 11 is 0.991. The molecule has 0 aliphatic carbocycles. The summed E-state index contributed by atoms with van der Waals surface area (Å²) in [5.74, 6) is -41.6. The SMILES string of the molecule is FC(F)(F)C(F)(F)C(F)(F)C(F)(F)CC(F)(F)C(F)(F)C(F)(F)CCI. The summed E-state index contributed by atoms with van der Waals surface area (Å²) in [5.41, 5.74) is 0. The van der Waals surface area contributed by atoms with Crippen molar-refractivity contribution < 1.29 is 65.9 Å². The monoisotopic (exact) mass is 538 g/mol. The highest BCUT2D eigenvalue weighted by molar-refractivity contribution is 14.1. The van der Waals surface area contributed by atoms with Crippen LogP contribution in [0.3, 0.4) is 0 Å². The summed E-state index contributed by atoms with van der Waals surface area (Å²) in [5, 5.41) is 0. The topological polar surface area (TPSA) is 0 Å². The highest BCUT2D eigenvalue weighted by Crippen LogP contribution is 2.58. The van der Waals surface area contributed by atoms with Crippen molar-refractivity contribution in [2.75, 3.05) is 4.43 Å². The van der Waals surface area contributed by atoms with Gasteiger partial charge in [-0.1, -0.05) is 22.6 Å². The van der Waals surface area contributed by atoms with Crippen molar-refractivity contribution in [1.82, 2.24) is 0 Å². The van der Waals surface area contributed by atoms with E-state index >= 15 is 0 Å². The van der Waals surface area contributed by atoms with E-state index in [9.17, 15) is 65.9 Å². The van der Waals surface area contributed by atoms with Crippen molar-refractivity contribution in [1.29, 1.82) is 0 Å². The van der Waals surface area contributed by atoms with Crippen LogP contribution >= 0.6 is 22.6 Å². The van der Waals surface area contributed by atoms with Crippen LogP contribution in [0, 0.1) is 0 Å². The Morgan fingerprint density at radius 3 is 1.12 bits per heavy atom. The zero-order valence-corrected chi connectivity index (χ0v) is 13.8. The van der Waals surface area contributed by atoms with Crippen molar-refractivity contribution in [3.05, 3.63) is 0 Å². The molecule has 0 N–H and O–H groups in total. The smallest absolute Gasteiger partial charge is 0.200 e. The minimum atomic E-state index is -7.63. The van der Waals surface area contributed by atoms with E-state index in [0.29, 0.717) is 0 Å². The molecule has 0 radical (unpaired) electrons. The van der Waals surface area contributed by atoms with Gasteiger partial charge < -0.3 is 0 Å². The normalized spacial score (nSPS) is 16.2. The van der Waals surface area contributed by atoms with Crippen LogP contribution in [0.4, 0.5) is 65.9 Å². The van der Waals surface area contributed by atoms with E-state index in [1.54, 1.807) is 0 Å². The third kappa shape index (κ3) is 4.07. The van der Waals surface area contributed by atoms with Crippen LogP contribution in [-0.4, -0.2) is 46.1 Å². The minimum Gasteiger partial charge on any atom is -0.200 e. The summed E-state index contributed by atoms with van der Waals surface area (Å²) in [4.78, 5) is 0. The first kappa shape index (κ1) is 25.7. The molecule has 158 valence electrons. The average Bonchev–Trinajstić information content (AvgIpc) is 2.34. The lowest BCUT2D eigenvalue weighted by Crippen LogP contribution is -2.64. The Morgan fingerprint density at radius 1 is 0.462 bits per heavy atom. The summed E-state index contributed by atoms with van der Waals surface area (Å²) in [6.45, 7) is 0. The molecule has 0 aromatic carbocycles. The highest BCUT2D eigenvalue weighted by Gasteiger charge is 2.84. The molecule has 0 aromatic heterocycles. The molecule has 26 heavy (non-hydrogen) atoms. The van der Waals surface area contributed by atoms with Gasteiger partial charge in [0.15, 0.2) is 0 Å². The van der Waals surface area contributed by atoms with Gasteiger partial charge >= 0.3 is 41.7 Å². The molecular weight excluding hydrogens is 532 g/mol. The number of alkyl halides is 16. The number of hydrogen-bond acceptors (Lipinski definition) is 0. The van der Waals surface area contributed by atoms with E-state index in [4.69, 9.17) is 0 Å². The highest BCUT2D eigenvalue weighted by atomic mass is 127. The quantitative estimate of drug-likeness (QED) is 0.186. The molecule has 0 heterocycles. The second-order valence-corrected chi connectivity index (χ2v) is 6.03. The van der Waals surface area contributed by atoms with Gasteiger partial charge in [-0.2, -0.15) is 65.9 Å². The van der Waals surface area contributed by atoms with Crippen LogP contribution in [0.1, 0.15) is 12.8 Å². The molecule has 0 aliphatic heterocycles. The maximum atomic E-state index is 13.2. The predicted octanol–water partition coefficient (Wildman–Crippen LogP) is 6.58. The Labute approximate surface area is 148 Å². The summed E-state index contributed by atoms with van der Waals surface area (Å²) in [7, 11) is 0. The van der Waals surface area contributed by atoms with E-state index in [-0.39, 0.29) is 0 Å². The van der Waals surface area contributed by atoms with Crippen molar-refractivity contribution in [2.45, 2.75) is 54.6 Å². The fourth-order valence-corrected chi connectivity index (χ4v) is 2.13. The van der Waals surface area contributed by atoms with Gasteiger partial charge in [0, 0.05) is 10.8 Å². The first-order valence-electron chi connectivity index (χ1n) is 5.91. The number of rotatable bonds is 8. The number of halogens is 16. The first-order chi connectivity index (χ1) is 11.0. The fraction of sp³-hybridized carbons (Fsp3) is 1.00. The fourth-order valence-electron chi connectivity index (χ4n) is 1.45. The van der Waals surface area contributed by atoms with E-state index in [0.717, 1.165) is 22.6 Å². The molecule has 0 spiro atoms. The van der Waals surface area contributed by atoms with Gasteiger partial charge in [-0.25, -0.2) is 0 Å². The largest absolute Gasteiger partial charge is 0.460 e. The Morgan fingerprint density at radius 2 is 0.808 bits per heavy atom. The molecule has 0 unspecified atom stereocenters. The summed E-state index contributed by atoms with van der Waals surface area (Å²) in [6, 6.07) is 0. The van der Waals surface area contributed by atoms with Crippen LogP contribution < -0.4 is 0 Å². The molecule has 0 aliphatic rings. The lowest BCUT2D eigenvalue weighted by atomic mass is 9.92. The Kier molecular flexibility index (Phi) is 6.85. The van der Waals surface area contributed by atoms with E-state index in [2.05, 4.69) is 0 Å². The molecule has 0 atom stereocenters. The van der Waals surface area contributed by atoms with E-state index in [1.807, 2.05) is 0 Å². The molecule has 0 aromatic rings. The third-order valence-corrected chi connectivity index (χ3v) is 3.52. The Bertz CT molecular complexity index is 491. The molecule has 0 amide bonds. The van der Waals surface area contributed by atoms with Gasteiger partial charge in [0.25, 0.3) is 0 Å². The molecular formula is C10H6F15I. The zero-order chi connectivity index (χ0) is 21.6. The van der Waals surface area contributed by atoms with Crippen LogP contribution in [0.2, 0.25) is 0 Å². The molecule has 0 fully saturated rings. The van der Waals surface area contributed by atoms with E-state index in [1.165, 1.54) is 0 Å². The second kappa shape index (κ2) is 6.93. The summed E-state index contributed by atoms with van der Waals surface area (Å²) < 4.78 is 190. The van der Waals surface area contributed by atoms with Crippen molar-refractivity contribution in [2.24, 2.45) is 0 Å². The van der Waals surface area contributed by atoms with Crippen LogP contribution in [0.5, 0.6) is 0 Å². The summed E-state index contributed by atoms with van der Waals surface area (Å²) in [6.07, 6.45) is -13.8. The van der Waals surface area contributed by atoms with Crippen LogP contribution in [0.25, 0.3) is 0 Å². The van der Waals surface area contributed by atoms with Gasteiger partial charge in [-0.3, -0.25) is 0 Å². The van der Waals surface area contributed by atoms with Gasteiger partial charge in [0.2, 0.25) is 0 Å². The van der Waals surface area contributed by atoms with Crippen molar-refractivity contribution in [3.8, 4) is 0 Å². The lowest BCUT2D eigenvalue weighted by molar-refractivity contribution is -0.408. The van der Waals surface area contributed by atoms with Gasteiger partial charge in [0.05, 0.1) is 6.42 Å². The number of hydrogen-bond donors (Lipinski definition) is 0. The minimum absolute atomic E-state index is 0.935. The molecule has 16 heteroatoms. The lowest BCUT2D eigenvalue weighted by Gasteiger charge is -2.38. The second-order valence-electron chi connectivity index (χ2n) is 4.95. The van der Waals surface area contributed by atoms with Crippen LogP contribution in [-0.2, 0) is 0 Å². The molecule has 0 nitrogen and oxygen atoms in total. The van der Waals surface area contributed by atoms with Crippen molar-refractivity contribution >= 4 is 22.6 Å². The standard InChI is InChI=1S/C10H6F15I/c11-4(12,1-2-26)7(17,18)5(13,14)3-6(15,16)8(19,20)9(21,22)10(23,24)25/h1-3H2. The molecule has 0 saturated carbocycles. The molecule has 0 bridgehead atoms. The average molecular weight is 538 g/mol. The zero-order valence-electron chi connectivity index (χ0n) is 11.7. The molecule has 0 rings (SSSR count). The van der Waals surface area contributed by atoms with Gasteiger partial charge in [0.1, 0.15) is 0 Å². The van der Waals surface area contributed by atoms with E-state index < -0.39 is 59.0 Å². The first-order valence-corrected chi connectivity index (χ1v) is 7.44. The maximum absolute atomic E-state index is 13.2. The maximum Gasteiger partial charge on any atom is 0.460 e. The predicted molar refractivity (Wildman–Crippen MR) is 63.9 cm³/mol. The van der Waals surface area contributed by atoms with Gasteiger partial charge in [-0.05, 0) is 0 Å². The Balaban J connectivity index is 5.99. The molecule has 0 saturated heterocycles. The third-order valence-electron chi connectivity index (χ3n) is 2.98. The van der Waals surface area contributed by atoms with Gasteiger partial charge in [-0.15, -0.1) is 0 Å².